The molecule has 1 saturated carbocycles. The van der Waals surface area contributed by atoms with Crippen LogP contribution in [-0.4, -0.2) is 37.9 Å². The lowest BCUT2D eigenvalue weighted by Crippen LogP contribution is -2.32. The maximum atomic E-state index is 12.6. The van der Waals surface area contributed by atoms with Crippen LogP contribution in [-0.2, 0) is 13.1 Å². The van der Waals surface area contributed by atoms with E-state index in [1.165, 1.54) is 0 Å². The number of carbonyl (C=O) groups is 1. The van der Waals surface area contributed by atoms with Crippen molar-refractivity contribution >= 4 is 5.91 Å². The predicted octanol–water partition coefficient (Wildman–Crippen LogP) is 1.04. The van der Waals surface area contributed by atoms with Crippen molar-refractivity contribution in [2.75, 3.05) is 6.54 Å². The fourth-order valence-electron chi connectivity index (χ4n) is 2.33. The molecule has 0 unspecified atom stereocenters. The van der Waals surface area contributed by atoms with Crippen LogP contribution in [0.5, 0.6) is 0 Å². The molecular formula is C15H19N5O. The molecule has 2 heterocycles. The number of pyridine rings is 1. The van der Waals surface area contributed by atoms with Crippen LogP contribution in [0.15, 0.2) is 37.1 Å². The number of imidazole rings is 1. The van der Waals surface area contributed by atoms with Gasteiger partial charge in [0, 0.05) is 44.3 Å². The molecule has 2 aromatic rings. The molecule has 0 radical (unpaired) electrons. The number of hydrogen-bond acceptors (Lipinski definition) is 4. The molecule has 3 rings (SSSR count). The van der Waals surface area contributed by atoms with Crippen LogP contribution in [0.1, 0.15) is 28.9 Å². The van der Waals surface area contributed by atoms with E-state index in [4.69, 9.17) is 5.73 Å². The highest BCUT2D eigenvalue weighted by molar-refractivity contribution is 5.92. The number of nitrogens with two attached hydrogens (primary N) is 1. The van der Waals surface area contributed by atoms with Gasteiger partial charge in [-0.25, -0.2) is 4.98 Å². The number of carbonyl (C=O) groups excluding carboxylic acids is 1. The Labute approximate surface area is 123 Å². The van der Waals surface area contributed by atoms with E-state index in [0.29, 0.717) is 31.4 Å². The molecule has 0 spiro atoms. The highest BCUT2D eigenvalue weighted by Gasteiger charge is 2.33. The topological polar surface area (TPSA) is 77.0 Å². The summed E-state index contributed by atoms with van der Waals surface area (Å²) in [6.07, 6.45) is 9.10. The fraction of sp³-hybridized carbons (Fsp3) is 0.400. The van der Waals surface area contributed by atoms with Crippen LogP contribution in [0.3, 0.4) is 0 Å². The number of aromatic nitrogens is 3. The average Bonchev–Trinajstić information content (AvgIpc) is 3.25. The summed E-state index contributed by atoms with van der Waals surface area (Å²) in [7, 11) is 0. The van der Waals surface area contributed by atoms with Gasteiger partial charge in [-0.05, 0) is 24.5 Å². The minimum absolute atomic E-state index is 0.0166. The van der Waals surface area contributed by atoms with E-state index in [9.17, 15) is 4.79 Å². The molecule has 21 heavy (non-hydrogen) atoms. The van der Waals surface area contributed by atoms with E-state index in [1.807, 2.05) is 21.6 Å². The summed E-state index contributed by atoms with van der Waals surface area (Å²) in [5.74, 6) is -0.0166. The van der Waals surface area contributed by atoms with Gasteiger partial charge in [0.05, 0.1) is 6.33 Å². The summed E-state index contributed by atoms with van der Waals surface area (Å²) in [6.45, 7) is 1.79. The van der Waals surface area contributed by atoms with Gasteiger partial charge in [0.15, 0.2) is 0 Å². The Kier molecular flexibility index (Phi) is 3.96. The second-order valence-corrected chi connectivity index (χ2v) is 5.31. The molecule has 0 aromatic carbocycles. The minimum Gasteiger partial charge on any atom is -0.335 e. The van der Waals surface area contributed by atoms with Crippen molar-refractivity contribution in [2.45, 2.75) is 32.0 Å². The summed E-state index contributed by atoms with van der Waals surface area (Å²) in [6, 6.07) is 4.21. The molecule has 1 amide bonds. The van der Waals surface area contributed by atoms with Crippen molar-refractivity contribution in [2.24, 2.45) is 5.73 Å². The largest absolute Gasteiger partial charge is 0.335 e. The molecule has 2 N–H and O–H groups in total. The smallest absolute Gasteiger partial charge is 0.274 e. The maximum absolute atomic E-state index is 12.6. The zero-order valence-electron chi connectivity index (χ0n) is 11.9. The van der Waals surface area contributed by atoms with Crippen LogP contribution >= 0.6 is 0 Å². The molecule has 1 fully saturated rings. The van der Waals surface area contributed by atoms with Gasteiger partial charge in [0.25, 0.3) is 5.91 Å². The van der Waals surface area contributed by atoms with Gasteiger partial charge in [-0.15, -0.1) is 0 Å². The molecular weight excluding hydrogens is 266 g/mol. The lowest BCUT2D eigenvalue weighted by atomic mass is 10.2. The third-order valence-electron chi connectivity index (χ3n) is 3.56. The van der Waals surface area contributed by atoms with Gasteiger partial charge in [0.2, 0.25) is 0 Å². The third kappa shape index (κ3) is 3.28. The first-order valence-corrected chi connectivity index (χ1v) is 7.19. The molecule has 2 aromatic heterocycles. The van der Waals surface area contributed by atoms with E-state index in [-0.39, 0.29) is 5.91 Å². The van der Waals surface area contributed by atoms with Gasteiger partial charge >= 0.3 is 0 Å². The van der Waals surface area contributed by atoms with Gasteiger partial charge in [-0.1, -0.05) is 6.07 Å². The van der Waals surface area contributed by atoms with Crippen LogP contribution in [0, 0.1) is 0 Å². The van der Waals surface area contributed by atoms with Gasteiger partial charge < -0.3 is 15.2 Å². The molecule has 1 aliphatic carbocycles. The van der Waals surface area contributed by atoms with Crippen molar-refractivity contribution in [1.82, 2.24) is 19.4 Å². The normalized spacial score (nSPS) is 14.1. The minimum atomic E-state index is -0.0166. The molecule has 6 heteroatoms. The zero-order valence-corrected chi connectivity index (χ0v) is 11.9. The van der Waals surface area contributed by atoms with Crippen molar-refractivity contribution in [3.8, 4) is 0 Å². The Hall–Kier alpha value is -2.21. The van der Waals surface area contributed by atoms with Gasteiger partial charge in [0.1, 0.15) is 5.69 Å². The Balaban J connectivity index is 1.75. The second-order valence-electron chi connectivity index (χ2n) is 5.31. The SMILES string of the molecule is NCCn1cnc(C(=O)N(Cc2cccnc2)C2CC2)c1. The van der Waals surface area contributed by atoms with E-state index in [2.05, 4.69) is 9.97 Å². The Morgan fingerprint density at radius 2 is 2.33 bits per heavy atom. The predicted molar refractivity (Wildman–Crippen MR) is 78.4 cm³/mol. The Bertz CT molecular complexity index is 606. The number of rotatable bonds is 6. The van der Waals surface area contributed by atoms with Gasteiger partial charge in [-0.2, -0.15) is 0 Å². The average molecular weight is 285 g/mol. The molecule has 110 valence electrons. The van der Waals surface area contributed by atoms with Crippen molar-refractivity contribution in [3.05, 3.63) is 48.3 Å². The van der Waals surface area contributed by atoms with E-state index in [0.717, 1.165) is 18.4 Å². The molecule has 0 atom stereocenters. The second kappa shape index (κ2) is 6.05. The Morgan fingerprint density at radius 1 is 1.48 bits per heavy atom. The summed E-state index contributed by atoms with van der Waals surface area (Å²) in [5.41, 5.74) is 7.04. The summed E-state index contributed by atoms with van der Waals surface area (Å²) >= 11 is 0. The lowest BCUT2D eigenvalue weighted by molar-refractivity contribution is 0.0724. The van der Waals surface area contributed by atoms with E-state index < -0.39 is 0 Å². The van der Waals surface area contributed by atoms with Crippen molar-refractivity contribution in [3.63, 3.8) is 0 Å². The van der Waals surface area contributed by atoms with E-state index in [1.54, 1.807) is 24.9 Å². The Morgan fingerprint density at radius 3 is 3.00 bits per heavy atom. The zero-order chi connectivity index (χ0) is 14.7. The standard InChI is InChI=1S/C15H19N5O/c16-5-7-19-10-14(18-11-19)15(21)20(13-3-4-13)9-12-2-1-6-17-8-12/h1-2,6,8,10-11,13H,3-5,7,9,16H2. The molecule has 0 saturated heterocycles. The molecule has 0 bridgehead atoms. The molecule has 6 nitrogen and oxygen atoms in total. The van der Waals surface area contributed by atoms with Crippen LogP contribution in [0.4, 0.5) is 0 Å². The molecule has 0 aliphatic heterocycles. The molecule has 1 aliphatic rings. The fourth-order valence-corrected chi connectivity index (χ4v) is 2.33. The number of nitrogens with zero attached hydrogens (tertiary/aromatic N) is 4. The first kappa shape index (κ1) is 13.8. The van der Waals surface area contributed by atoms with Crippen LogP contribution in [0.25, 0.3) is 0 Å². The number of hydrogen-bond donors (Lipinski definition) is 1. The summed E-state index contributed by atoms with van der Waals surface area (Å²) < 4.78 is 1.85. The first-order valence-electron chi connectivity index (χ1n) is 7.19. The van der Waals surface area contributed by atoms with Crippen LogP contribution < -0.4 is 5.73 Å². The monoisotopic (exact) mass is 285 g/mol. The summed E-state index contributed by atoms with van der Waals surface area (Å²) in [4.78, 5) is 22.9. The van der Waals surface area contributed by atoms with Gasteiger partial charge in [-0.3, -0.25) is 9.78 Å². The summed E-state index contributed by atoms with van der Waals surface area (Å²) in [5, 5.41) is 0. The highest BCUT2D eigenvalue weighted by Crippen LogP contribution is 2.29. The van der Waals surface area contributed by atoms with Crippen molar-refractivity contribution in [1.29, 1.82) is 0 Å². The lowest BCUT2D eigenvalue weighted by Gasteiger charge is -2.21. The van der Waals surface area contributed by atoms with Crippen molar-refractivity contribution < 1.29 is 4.79 Å². The quantitative estimate of drug-likeness (QED) is 0.860. The highest BCUT2D eigenvalue weighted by atomic mass is 16.2. The third-order valence-corrected chi connectivity index (χ3v) is 3.56. The maximum Gasteiger partial charge on any atom is 0.274 e. The van der Waals surface area contributed by atoms with E-state index >= 15 is 0 Å². The number of amides is 1. The van der Waals surface area contributed by atoms with Crippen LogP contribution in [0.2, 0.25) is 0 Å². The first-order chi connectivity index (χ1) is 10.3.